The Morgan fingerprint density at radius 3 is 2.27 bits per heavy atom. The number of benzene rings is 2. The van der Waals surface area contributed by atoms with Gasteiger partial charge in [-0.3, -0.25) is 14.5 Å². The molecule has 33 heavy (non-hydrogen) atoms. The van der Waals surface area contributed by atoms with E-state index in [1.165, 1.54) is 12.0 Å². The topological polar surface area (TPSA) is 54.3 Å². The van der Waals surface area contributed by atoms with Gasteiger partial charge in [0.2, 0.25) is 0 Å². The molecular formula is C28H33N3O2. The van der Waals surface area contributed by atoms with Gasteiger partial charge in [0.1, 0.15) is 5.56 Å². The monoisotopic (exact) mass is 443 g/mol. The van der Waals surface area contributed by atoms with Crippen LogP contribution in [0.3, 0.4) is 0 Å². The van der Waals surface area contributed by atoms with Gasteiger partial charge in [-0.2, -0.15) is 0 Å². The van der Waals surface area contributed by atoms with E-state index in [1.807, 2.05) is 36.4 Å². The highest BCUT2D eigenvalue weighted by Gasteiger charge is 2.22. The second kappa shape index (κ2) is 10.6. The predicted molar refractivity (Wildman–Crippen MR) is 132 cm³/mol. The van der Waals surface area contributed by atoms with Crippen molar-refractivity contribution in [2.75, 3.05) is 13.1 Å². The number of carbonyl (C=O) groups excluding carboxylic acids is 1. The van der Waals surface area contributed by atoms with Crippen LogP contribution in [0.15, 0.2) is 77.7 Å². The van der Waals surface area contributed by atoms with Crippen LogP contribution in [0.2, 0.25) is 0 Å². The lowest BCUT2D eigenvalue weighted by molar-refractivity contribution is 0.0948. The average molecular weight is 444 g/mol. The van der Waals surface area contributed by atoms with Gasteiger partial charge in [-0.15, -0.1) is 0 Å². The zero-order valence-corrected chi connectivity index (χ0v) is 19.5. The van der Waals surface area contributed by atoms with Gasteiger partial charge in [-0.25, -0.2) is 0 Å². The van der Waals surface area contributed by atoms with Crippen LogP contribution in [-0.4, -0.2) is 28.5 Å². The van der Waals surface area contributed by atoms with Crippen LogP contribution in [0, 0.1) is 11.8 Å². The molecule has 2 unspecified atom stereocenters. The summed E-state index contributed by atoms with van der Waals surface area (Å²) in [5.41, 5.74) is 3.24. The van der Waals surface area contributed by atoms with Crippen molar-refractivity contribution in [1.82, 2.24) is 14.8 Å². The van der Waals surface area contributed by atoms with Crippen molar-refractivity contribution in [2.45, 2.75) is 39.9 Å². The second-order valence-electron chi connectivity index (χ2n) is 9.43. The Morgan fingerprint density at radius 1 is 0.879 bits per heavy atom. The smallest absolute Gasteiger partial charge is 0.263 e. The Kier molecular flexibility index (Phi) is 7.40. The molecule has 0 saturated carbocycles. The number of likely N-dealkylation sites (tertiary alicyclic amines) is 1. The van der Waals surface area contributed by atoms with Crippen LogP contribution in [0.5, 0.6) is 0 Å². The van der Waals surface area contributed by atoms with E-state index in [4.69, 9.17) is 0 Å². The molecule has 3 aromatic rings. The third-order valence-corrected chi connectivity index (χ3v) is 6.36. The molecule has 172 valence electrons. The van der Waals surface area contributed by atoms with Crippen LogP contribution in [-0.2, 0) is 19.6 Å². The maximum Gasteiger partial charge on any atom is 0.263 e. The third-order valence-electron chi connectivity index (χ3n) is 6.36. The Hall–Kier alpha value is -3.18. The van der Waals surface area contributed by atoms with Crippen molar-refractivity contribution in [2.24, 2.45) is 11.8 Å². The third kappa shape index (κ3) is 5.99. The maximum absolute atomic E-state index is 12.9. The maximum atomic E-state index is 12.9. The predicted octanol–water partition coefficient (Wildman–Crippen LogP) is 4.30. The molecule has 0 bridgehead atoms. The van der Waals surface area contributed by atoms with E-state index in [9.17, 15) is 9.59 Å². The summed E-state index contributed by atoms with van der Waals surface area (Å²) in [6.45, 7) is 8.58. The highest BCUT2D eigenvalue weighted by atomic mass is 16.2. The fourth-order valence-electron chi connectivity index (χ4n) is 4.93. The zero-order chi connectivity index (χ0) is 23.2. The molecule has 0 aliphatic carbocycles. The van der Waals surface area contributed by atoms with E-state index in [0.29, 0.717) is 24.9 Å². The first-order chi connectivity index (χ1) is 16.0. The molecular weight excluding hydrogens is 410 g/mol. The summed E-state index contributed by atoms with van der Waals surface area (Å²) in [4.78, 5) is 28.3. The summed E-state index contributed by atoms with van der Waals surface area (Å²) >= 11 is 0. The minimum absolute atomic E-state index is 0.171. The summed E-state index contributed by atoms with van der Waals surface area (Å²) in [5, 5.41) is 2.97. The van der Waals surface area contributed by atoms with Gasteiger partial charge in [0, 0.05) is 32.4 Å². The molecule has 5 heteroatoms. The van der Waals surface area contributed by atoms with Gasteiger partial charge in [0.05, 0.1) is 6.54 Å². The molecule has 1 aromatic heterocycles. The van der Waals surface area contributed by atoms with Crippen molar-refractivity contribution in [3.8, 4) is 0 Å². The first-order valence-corrected chi connectivity index (χ1v) is 11.8. The van der Waals surface area contributed by atoms with E-state index in [0.717, 1.165) is 30.8 Å². The van der Waals surface area contributed by atoms with Crippen molar-refractivity contribution >= 4 is 5.91 Å². The first kappa shape index (κ1) is 23.0. The van der Waals surface area contributed by atoms with Crippen molar-refractivity contribution < 1.29 is 4.79 Å². The number of aromatic nitrogens is 1. The molecule has 1 aliphatic rings. The molecule has 2 atom stereocenters. The molecule has 1 aliphatic heterocycles. The van der Waals surface area contributed by atoms with Crippen molar-refractivity contribution in [1.29, 1.82) is 0 Å². The lowest BCUT2D eigenvalue weighted by Gasteiger charge is -2.35. The molecule has 2 aromatic carbocycles. The van der Waals surface area contributed by atoms with Crippen molar-refractivity contribution in [3.05, 3.63) is 106 Å². The number of hydrogen-bond acceptors (Lipinski definition) is 3. The highest BCUT2D eigenvalue weighted by Crippen LogP contribution is 2.23. The van der Waals surface area contributed by atoms with E-state index < -0.39 is 0 Å². The Bertz CT molecular complexity index is 1130. The quantitative estimate of drug-likeness (QED) is 0.592. The van der Waals surface area contributed by atoms with Gasteiger partial charge in [-0.1, -0.05) is 68.4 Å². The van der Waals surface area contributed by atoms with Gasteiger partial charge in [0.15, 0.2) is 0 Å². The number of rotatable bonds is 7. The Balaban J connectivity index is 1.43. The lowest BCUT2D eigenvalue weighted by atomic mass is 9.91. The average Bonchev–Trinajstić information content (AvgIpc) is 2.80. The molecule has 1 amide bonds. The fraction of sp³-hybridized carbons (Fsp3) is 0.357. The molecule has 0 radical (unpaired) electrons. The molecule has 1 saturated heterocycles. The van der Waals surface area contributed by atoms with Crippen LogP contribution >= 0.6 is 0 Å². The number of pyridine rings is 1. The largest absolute Gasteiger partial charge is 0.348 e. The fourth-order valence-corrected chi connectivity index (χ4v) is 4.93. The lowest BCUT2D eigenvalue weighted by Crippen LogP contribution is -2.38. The van der Waals surface area contributed by atoms with Gasteiger partial charge >= 0.3 is 0 Å². The van der Waals surface area contributed by atoms with E-state index in [1.54, 1.807) is 22.9 Å². The number of piperidine rings is 1. The Morgan fingerprint density at radius 2 is 1.55 bits per heavy atom. The molecule has 1 fully saturated rings. The summed E-state index contributed by atoms with van der Waals surface area (Å²) in [6.07, 6.45) is 3.01. The van der Waals surface area contributed by atoms with Crippen LogP contribution in [0.25, 0.3) is 0 Å². The number of nitrogens with one attached hydrogen (secondary N) is 1. The number of amides is 1. The number of carbonyl (C=O) groups is 1. The normalized spacial score (nSPS) is 18.7. The highest BCUT2D eigenvalue weighted by molar-refractivity contribution is 5.93. The van der Waals surface area contributed by atoms with Gasteiger partial charge in [-0.05, 0) is 47.1 Å². The van der Waals surface area contributed by atoms with Gasteiger partial charge in [0.25, 0.3) is 11.5 Å². The number of hydrogen-bond donors (Lipinski definition) is 1. The molecule has 5 nitrogen and oxygen atoms in total. The first-order valence-electron chi connectivity index (χ1n) is 11.8. The summed E-state index contributed by atoms with van der Waals surface area (Å²) < 4.78 is 1.58. The molecule has 4 rings (SSSR count). The van der Waals surface area contributed by atoms with E-state index in [2.05, 4.69) is 42.3 Å². The summed E-state index contributed by atoms with van der Waals surface area (Å²) in [5.74, 6) is 1.07. The molecule has 0 spiro atoms. The van der Waals surface area contributed by atoms with Crippen LogP contribution in [0.1, 0.15) is 47.3 Å². The molecule has 1 N–H and O–H groups in total. The number of nitrogens with zero attached hydrogens (tertiary/aromatic N) is 2. The minimum atomic E-state index is -0.336. The van der Waals surface area contributed by atoms with Crippen LogP contribution in [0.4, 0.5) is 0 Å². The van der Waals surface area contributed by atoms with Crippen LogP contribution < -0.4 is 10.9 Å². The summed E-state index contributed by atoms with van der Waals surface area (Å²) in [7, 11) is 0. The van der Waals surface area contributed by atoms with E-state index in [-0.39, 0.29) is 17.0 Å². The summed E-state index contributed by atoms with van der Waals surface area (Å²) in [6, 6.07) is 21.4. The SMILES string of the molecule is CC1CC(C)CN(Cc2ccccc2CNC(=O)c2cccn(Cc3ccccc3)c2=O)C1. The zero-order valence-electron chi connectivity index (χ0n) is 19.5. The second-order valence-corrected chi connectivity index (χ2v) is 9.43. The van der Waals surface area contributed by atoms with E-state index >= 15 is 0 Å². The standard InChI is InChI=1S/C28H33N3O2/c1-21-15-22(2)18-30(17-21)20-25-12-7-6-11-24(25)16-29-27(32)26-13-8-14-31(28(26)33)19-23-9-4-3-5-10-23/h3-14,21-22H,15-20H2,1-2H3,(H,29,32). The van der Waals surface area contributed by atoms with Crippen molar-refractivity contribution in [3.63, 3.8) is 0 Å². The Labute approximate surface area is 196 Å². The molecule has 2 heterocycles. The minimum Gasteiger partial charge on any atom is -0.348 e. The van der Waals surface area contributed by atoms with Gasteiger partial charge < -0.3 is 9.88 Å².